The van der Waals surface area contributed by atoms with Gasteiger partial charge in [0.2, 0.25) is 15.9 Å². The molecule has 0 saturated carbocycles. The van der Waals surface area contributed by atoms with Crippen molar-refractivity contribution in [1.29, 1.82) is 0 Å². The van der Waals surface area contributed by atoms with Crippen LogP contribution in [0.25, 0.3) is 0 Å². The number of nitrogens with zero attached hydrogens (tertiary/aromatic N) is 1. The SMILES string of the molecule is Cc1cccc(NS(=O)(=O)c2ccc(NC(=O)C3CCCN(S(=O)(=O)Cc4ccc(Cl)c(Cl)c4)C3)cc2)c1. The van der Waals surface area contributed by atoms with E-state index in [4.69, 9.17) is 23.2 Å². The molecule has 3 aromatic carbocycles. The van der Waals surface area contributed by atoms with Crippen molar-refractivity contribution in [3.8, 4) is 0 Å². The first-order valence-corrected chi connectivity index (χ1v) is 15.7. The van der Waals surface area contributed by atoms with Crippen LogP contribution >= 0.6 is 23.2 Å². The van der Waals surface area contributed by atoms with Gasteiger partial charge in [-0.25, -0.2) is 21.1 Å². The molecule has 0 aliphatic carbocycles. The van der Waals surface area contributed by atoms with Gasteiger partial charge in [-0.1, -0.05) is 41.4 Å². The van der Waals surface area contributed by atoms with Crippen molar-refractivity contribution in [1.82, 2.24) is 4.31 Å². The number of amides is 1. The molecular formula is C26H27Cl2N3O5S2. The van der Waals surface area contributed by atoms with Crippen LogP contribution in [0.4, 0.5) is 11.4 Å². The number of halogens is 2. The third kappa shape index (κ3) is 7.06. The van der Waals surface area contributed by atoms with Crippen LogP contribution in [0.15, 0.2) is 71.6 Å². The molecule has 1 atom stereocenters. The van der Waals surface area contributed by atoms with E-state index in [0.29, 0.717) is 41.3 Å². The van der Waals surface area contributed by atoms with Gasteiger partial charge in [0, 0.05) is 24.5 Å². The minimum Gasteiger partial charge on any atom is -0.326 e. The van der Waals surface area contributed by atoms with Gasteiger partial charge in [-0.3, -0.25) is 9.52 Å². The summed E-state index contributed by atoms with van der Waals surface area (Å²) in [5, 5.41) is 3.40. The van der Waals surface area contributed by atoms with Crippen LogP contribution in [0.1, 0.15) is 24.0 Å². The minimum atomic E-state index is -3.80. The Kier molecular flexibility index (Phi) is 8.68. The smallest absolute Gasteiger partial charge is 0.261 e. The van der Waals surface area contributed by atoms with Crippen LogP contribution < -0.4 is 10.0 Å². The van der Waals surface area contributed by atoms with Gasteiger partial charge in [0.25, 0.3) is 10.0 Å². The van der Waals surface area contributed by atoms with E-state index in [1.807, 2.05) is 13.0 Å². The second kappa shape index (κ2) is 11.6. The number of hydrogen-bond donors (Lipinski definition) is 2. The van der Waals surface area contributed by atoms with Crippen molar-refractivity contribution in [2.75, 3.05) is 23.1 Å². The highest BCUT2D eigenvalue weighted by Gasteiger charge is 2.32. The summed E-state index contributed by atoms with van der Waals surface area (Å²) in [4.78, 5) is 13.0. The average Bonchev–Trinajstić information content (AvgIpc) is 2.86. The molecule has 8 nitrogen and oxygen atoms in total. The number of carbonyl (C=O) groups is 1. The lowest BCUT2D eigenvalue weighted by molar-refractivity contribution is -0.120. The monoisotopic (exact) mass is 595 g/mol. The predicted molar refractivity (Wildman–Crippen MR) is 150 cm³/mol. The van der Waals surface area contributed by atoms with E-state index < -0.39 is 26.0 Å². The second-order valence-electron chi connectivity index (χ2n) is 9.19. The maximum Gasteiger partial charge on any atom is 0.261 e. The van der Waals surface area contributed by atoms with Crippen LogP contribution in [0.2, 0.25) is 10.0 Å². The van der Waals surface area contributed by atoms with E-state index in [2.05, 4.69) is 10.0 Å². The highest BCUT2D eigenvalue weighted by Crippen LogP contribution is 2.27. The zero-order chi connectivity index (χ0) is 27.5. The molecule has 0 bridgehead atoms. The summed E-state index contributed by atoms with van der Waals surface area (Å²) in [6, 6.07) is 17.5. The summed E-state index contributed by atoms with van der Waals surface area (Å²) in [6.45, 7) is 2.25. The van der Waals surface area contributed by atoms with Crippen molar-refractivity contribution in [3.63, 3.8) is 0 Å². The Bertz CT molecular complexity index is 1550. The predicted octanol–water partition coefficient (Wildman–Crippen LogP) is 5.28. The lowest BCUT2D eigenvalue weighted by atomic mass is 9.99. The first-order valence-electron chi connectivity index (χ1n) is 11.9. The molecular weight excluding hydrogens is 569 g/mol. The van der Waals surface area contributed by atoms with Gasteiger partial charge in [-0.15, -0.1) is 0 Å². The molecule has 1 fully saturated rings. The molecule has 4 rings (SSSR count). The molecule has 1 aliphatic heterocycles. The Morgan fingerprint density at radius 3 is 2.37 bits per heavy atom. The third-order valence-electron chi connectivity index (χ3n) is 6.18. The molecule has 2 N–H and O–H groups in total. The highest BCUT2D eigenvalue weighted by molar-refractivity contribution is 7.92. The van der Waals surface area contributed by atoms with E-state index in [-0.39, 0.29) is 28.1 Å². The van der Waals surface area contributed by atoms with E-state index in [1.54, 1.807) is 30.3 Å². The standard InChI is InChI=1S/C26H27Cl2N3O5S2/c1-18-4-2-6-22(14-18)30-38(35,36)23-10-8-21(9-11-23)29-26(32)20-5-3-13-31(16-20)37(33,34)17-19-7-12-24(27)25(28)15-19/h2,4,6-12,14-15,20,30H,3,5,13,16-17H2,1H3,(H,29,32). The maximum atomic E-state index is 13.0. The largest absolute Gasteiger partial charge is 0.326 e. The summed E-state index contributed by atoms with van der Waals surface area (Å²) in [5.41, 5.74) is 2.31. The van der Waals surface area contributed by atoms with Gasteiger partial charge in [0.1, 0.15) is 0 Å². The van der Waals surface area contributed by atoms with Gasteiger partial charge in [-0.2, -0.15) is 0 Å². The first kappa shape index (κ1) is 28.4. The number of rotatable bonds is 8. The van der Waals surface area contributed by atoms with Crippen LogP contribution in [-0.4, -0.2) is 40.1 Å². The topological polar surface area (TPSA) is 113 Å². The Balaban J connectivity index is 1.38. The lowest BCUT2D eigenvalue weighted by Gasteiger charge is -2.31. The molecule has 0 aromatic heterocycles. The van der Waals surface area contributed by atoms with Crippen molar-refractivity contribution in [3.05, 3.63) is 87.9 Å². The molecule has 12 heteroatoms. The van der Waals surface area contributed by atoms with E-state index in [9.17, 15) is 21.6 Å². The van der Waals surface area contributed by atoms with E-state index in [0.717, 1.165) is 5.56 Å². The average molecular weight is 597 g/mol. The molecule has 0 spiro atoms. The quantitative estimate of drug-likeness (QED) is 0.367. The normalized spacial score (nSPS) is 16.7. The zero-order valence-corrected chi connectivity index (χ0v) is 23.7. The molecule has 3 aromatic rings. The summed E-state index contributed by atoms with van der Waals surface area (Å²) in [5.74, 6) is -1.11. The van der Waals surface area contributed by atoms with Crippen molar-refractivity contribution >= 4 is 60.5 Å². The fourth-order valence-corrected chi connectivity index (χ4v) is 7.19. The number of hydrogen-bond acceptors (Lipinski definition) is 5. The lowest BCUT2D eigenvalue weighted by Crippen LogP contribution is -2.44. The van der Waals surface area contributed by atoms with Gasteiger partial charge in [0.05, 0.1) is 26.6 Å². The van der Waals surface area contributed by atoms with Gasteiger partial charge in [-0.05, 0) is 79.4 Å². The summed E-state index contributed by atoms with van der Waals surface area (Å²) in [6.07, 6.45) is 1.08. The number of piperidine rings is 1. The van der Waals surface area contributed by atoms with Crippen molar-refractivity contribution < 1.29 is 21.6 Å². The van der Waals surface area contributed by atoms with Crippen LogP contribution in [-0.2, 0) is 30.6 Å². The fraction of sp³-hybridized carbons (Fsp3) is 0.269. The number of benzene rings is 3. The molecule has 0 radical (unpaired) electrons. The molecule has 202 valence electrons. The second-order valence-corrected chi connectivity index (χ2v) is 13.7. The van der Waals surface area contributed by atoms with Gasteiger partial charge >= 0.3 is 0 Å². The Morgan fingerprint density at radius 1 is 0.947 bits per heavy atom. The van der Waals surface area contributed by atoms with E-state index in [1.165, 1.54) is 34.6 Å². The number of anilines is 2. The Hall–Kier alpha value is -2.63. The van der Waals surface area contributed by atoms with E-state index >= 15 is 0 Å². The fourth-order valence-electron chi connectivity index (χ4n) is 4.22. The number of sulfonamides is 2. The molecule has 1 unspecified atom stereocenters. The van der Waals surface area contributed by atoms with Crippen LogP contribution in [0.5, 0.6) is 0 Å². The summed E-state index contributed by atoms with van der Waals surface area (Å²) >= 11 is 11.9. The maximum absolute atomic E-state index is 13.0. The third-order valence-corrected chi connectivity index (χ3v) is 10.1. The molecule has 1 saturated heterocycles. The molecule has 38 heavy (non-hydrogen) atoms. The molecule has 1 heterocycles. The number of aryl methyl sites for hydroxylation is 1. The Labute approximate surface area is 233 Å². The number of nitrogens with one attached hydrogen (secondary N) is 2. The van der Waals surface area contributed by atoms with Crippen molar-refractivity contribution in [2.24, 2.45) is 5.92 Å². The van der Waals surface area contributed by atoms with Gasteiger partial charge in [0.15, 0.2) is 0 Å². The summed E-state index contributed by atoms with van der Waals surface area (Å²) in [7, 11) is -7.48. The minimum absolute atomic E-state index is 0.0502. The van der Waals surface area contributed by atoms with Crippen LogP contribution in [0.3, 0.4) is 0 Å². The zero-order valence-electron chi connectivity index (χ0n) is 20.5. The number of carbonyl (C=O) groups excluding carboxylic acids is 1. The molecule has 1 amide bonds. The first-order chi connectivity index (χ1) is 17.9. The Morgan fingerprint density at radius 2 is 1.68 bits per heavy atom. The van der Waals surface area contributed by atoms with Crippen LogP contribution in [0, 0.1) is 12.8 Å². The van der Waals surface area contributed by atoms with Gasteiger partial charge < -0.3 is 5.32 Å². The van der Waals surface area contributed by atoms with Crippen molar-refractivity contribution in [2.45, 2.75) is 30.4 Å². The highest BCUT2D eigenvalue weighted by atomic mass is 35.5. The molecule has 1 aliphatic rings. The summed E-state index contributed by atoms with van der Waals surface area (Å²) < 4.78 is 55.3.